The molecule has 1 aromatic rings. The molecule has 0 unspecified atom stereocenters. The Kier molecular flexibility index (Phi) is 3.18. The van der Waals surface area contributed by atoms with Crippen LogP contribution in [0.2, 0.25) is 0 Å². The number of carbonyl (C=O) groups is 1. The second kappa shape index (κ2) is 4.23. The average molecular weight is 228 g/mol. The fourth-order valence-corrected chi connectivity index (χ4v) is 1.09. The molecule has 1 aromatic carbocycles. The van der Waals surface area contributed by atoms with Gasteiger partial charge in [-0.25, -0.2) is 0 Å². The summed E-state index contributed by atoms with van der Waals surface area (Å²) < 4.78 is 36.3. The van der Waals surface area contributed by atoms with Gasteiger partial charge in [0.2, 0.25) is 0 Å². The van der Waals surface area contributed by atoms with Crippen molar-refractivity contribution >= 4 is 11.6 Å². The lowest BCUT2D eigenvalue weighted by Crippen LogP contribution is -2.38. The molecule has 0 radical (unpaired) electrons. The number of benzene rings is 1. The molecule has 0 bridgehead atoms. The predicted molar refractivity (Wildman–Crippen MR) is 50.6 cm³/mol. The van der Waals surface area contributed by atoms with Crippen LogP contribution in [-0.4, -0.2) is 19.1 Å². The summed E-state index contributed by atoms with van der Waals surface area (Å²) in [5.41, 5.74) is 0.223. The molecule has 0 aliphatic heterocycles. The fourth-order valence-electron chi connectivity index (χ4n) is 1.09. The maximum atomic E-state index is 12.1. The molecule has 84 valence electrons. The van der Waals surface area contributed by atoms with E-state index < -0.39 is 12.1 Å². The van der Waals surface area contributed by atoms with E-state index >= 15 is 0 Å². The van der Waals surface area contributed by atoms with Crippen molar-refractivity contribution in [3.05, 3.63) is 29.8 Å². The summed E-state index contributed by atoms with van der Waals surface area (Å²) in [5, 5.41) is 8.57. The van der Waals surface area contributed by atoms with Gasteiger partial charge in [-0.05, 0) is 18.2 Å². The SMILES string of the molecule is CN(C(=O)C(F)(F)F)c1cccc(C#N)c1. The number of carbonyl (C=O) groups excluding carboxylic acids is 1. The molecular formula is C10H7F3N2O. The second-order valence-electron chi connectivity index (χ2n) is 3.02. The van der Waals surface area contributed by atoms with Crippen LogP contribution in [0.15, 0.2) is 24.3 Å². The molecule has 1 amide bonds. The third-order valence-electron chi connectivity index (χ3n) is 1.91. The van der Waals surface area contributed by atoms with Gasteiger partial charge in [0.25, 0.3) is 0 Å². The number of rotatable bonds is 1. The normalized spacial score (nSPS) is 10.7. The Hall–Kier alpha value is -2.03. The van der Waals surface area contributed by atoms with E-state index in [4.69, 9.17) is 5.26 Å². The molecule has 6 heteroatoms. The molecule has 0 aliphatic rings. The third-order valence-corrected chi connectivity index (χ3v) is 1.91. The molecule has 0 saturated carbocycles. The Bertz CT molecular complexity index is 448. The minimum absolute atomic E-state index is 0.0291. The fraction of sp³-hybridized carbons (Fsp3) is 0.200. The molecule has 0 saturated heterocycles. The van der Waals surface area contributed by atoms with Crippen molar-refractivity contribution in [1.82, 2.24) is 0 Å². The van der Waals surface area contributed by atoms with E-state index in [9.17, 15) is 18.0 Å². The molecule has 3 nitrogen and oxygen atoms in total. The van der Waals surface area contributed by atoms with Crippen LogP contribution < -0.4 is 4.90 Å². The van der Waals surface area contributed by atoms with Gasteiger partial charge in [0.05, 0.1) is 11.6 Å². The van der Waals surface area contributed by atoms with Gasteiger partial charge in [-0.1, -0.05) is 6.07 Å². The molecule has 0 fully saturated rings. The Labute approximate surface area is 89.7 Å². The quantitative estimate of drug-likeness (QED) is 0.738. The second-order valence-corrected chi connectivity index (χ2v) is 3.02. The molecular weight excluding hydrogens is 221 g/mol. The summed E-state index contributed by atoms with van der Waals surface area (Å²) >= 11 is 0. The largest absolute Gasteiger partial charge is 0.471 e. The van der Waals surface area contributed by atoms with Crippen LogP contribution in [0.25, 0.3) is 0 Å². The van der Waals surface area contributed by atoms with Crippen LogP contribution >= 0.6 is 0 Å². The van der Waals surface area contributed by atoms with E-state index in [0.717, 1.165) is 7.05 Å². The summed E-state index contributed by atoms with van der Waals surface area (Å²) in [6, 6.07) is 7.17. The number of nitrogens with zero attached hydrogens (tertiary/aromatic N) is 2. The summed E-state index contributed by atoms with van der Waals surface area (Å²) in [5.74, 6) is -1.97. The molecule has 16 heavy (non-hydrogen) atoms. The van der Waals surface area contributed by atoms with Crippen molar-refractivity contribution in [3.8, 4) is 6.07 Å². The zero-order valence-corrected chi connectivity index (χ0v) is 8.25. The van der Waals surface area contributed by atoms with Crippen LogP contribution in [0.5, 0.6) is 0 Å². The van der Waals surface area contributed by atoms with Crippen molar-refractivity contribution in [2.75, 3.05) is 11.9 Å². The highest BCUT2D eigenvalue weighted by atomic mass is 19.4. The number of hydrogen-bond donors (Lipinski definition) is 0. The number of anilines is 1. The van der Waals surface area contributed by atoms with Gasteiger partial charge in [0.15, 0.2) is 0 Å². The number of amides is 1. The van der Waals surface area contributed by atoms with E-state index in [2.05, 4.69) is 0 Å². The van der Waals surface area contributed by atoms with Crippen LogP contribution in [0.4, 0.5) is 18.9 Å². The highest BCUT2D eigenvalue weighted by molar-refractivity contribution is 5.96. The first kappa shape index (κ1) is 12.0. The molecule has 0 aromatic heterocycles. The van der Waals surface area contributed by atoms with Crippen LogP contribution in [0.1, 0.15) is 5.56 Å². The number of alkyl halides is 3. The van der Waals surface area contributed by atoms with E-state index in [0.29, 0.717) is 4.90 Å². The Morgan fingerprint density at radius 3 is 2.56 bits per heavy atom. The standard InChI is InChI=1S/C10H7F3N2O/c1-15(9(16)10(11,12)13)8-4-2-3-7(5-8)6-14/h2-5H,1H3. The van der Waals surface area contributed by atoms with Crippen molar-refractivity contribution in [1.29, 1.82) is 5.26 Å². The van der Waals surface area contributed by atoms with Gasteiger partial charge in [-0.15, -0.1) is 0 Å². The van der Waals surface area contributed by atoms with Gasteiger partial charge in [-0.2, -0.15) is 18.4 Å². The van der Waals surface area contributed by atoms with Gasteiger partial charge < -0.3 is 4.90 Å². The lowest BCUT2D eigenvalue weighted by atomic mass is 10.2. The third kappa shape index (κ3) is 2.51. The molecule has 0 aliphatic carbocycles. The minimum Gasteiger partial charge on any atom is -0.308 e. The smallest absolute Gasteiger partial charge is 0.308 e. The summed E-state index contributed by atoms with van der Waals surface area (Å²) in [7, 11) is 1.01. The maximum absolute atomic E-state index is 12.1. The van der Waals surface area contributed by atoms with Crippen molar-refractivity contribution < 1.29 is 18.0 Å². The topological polar surface area (TPSA) is 44.1 Å². The Morgan fingerprint density at radius 1 is 1.44 bits per heavy atom. The van der Waals surface area contributed by atoms with Gasteiger partial charge in [0.1, 0.15) is 0 Å². The van der Waals surface area contributed by atoms with Crippen molar-refractivity contribution in [3.63, 3.8) is 0 Å². The van der Waals surface area contributed by atoms with Gasteiger partial charge >= 0.3 is 12.1 Å². The zero-order valence-electron chi connectivity index (χ0n) is 8.25. The van der Waals surface area contributed by atoms with E-state index in [-0.39, 0.29) is 11.3 Å². The van der Waals surface area contributed by atoms with Gasteiger partial charge in [-0.3, -0.25) is 4.79 Å². The number of nitriles is 1. The van der Waals surface area contributed by atoms with Crippen LogP contribution in [-0.2, 0) is 4.79 Å². The minimum atomic E-state index is -4.92. The molecule has 1 rings (SSSR count). The monoisotopic (exact) mass is 228 g/mol. The van der Waals surface area contributed by atoms with Crippen molar-refractivity contribution in [2.24, 2.45) is 0 Å². The first-order valence-corrected chi connectivity index (χ1v) is 4.21. The van der Waals surface area contributed by atoms with E-state index in [1.807, 2.05) is 0 Å². The Morgan fingerprint density at radius 2 is 2.06 bits per heavy atom. The van der Waals surface area contributed by atoms with Crippen LogP contribution in [0, 0.1) is 11.3 Å². The maximum Gasteiger partial charge on any atom is 0.471 e. The van der Waals surface area contributed by atoms with Gasteiger partial charge in [0, 0.05) is 12.7 Å². The first-order chi connectivity index (χ1) is 7.36. The summed E-state index contributed by atoms with van der Waals surface area (Å²) in [6.45, 7) is 0. The lowest BCUT2D eigenvalue weighted by Gasteiger charge is -2.18. The lowest BCUT2D eigenvalue weighted by molar-refractivity contribution is -0.170. The molecule has 0 heterocycles. The van der Waals surface area contributed by atoms with E-state index in [1.165, 1.54) is 24.3 Å². The van der Waals surface area contributed by atoms with E-state index in [1.54, 1.807) is 6.07 Å². The molecule has 0 spiro atoms. The number of hydrogen-bond acceptors (Lipinski definition) is 2. The summed E-state index contributed by atoms with van der Waals surface area (Å²) in [6.07, 6.45) is -4.92. The average Bonchev–Trinajstić information content (AvgIpc) is 2.26. The zero-order chi connectivity index (χ0) is 12.3. The molecule has 0 atom stereocenters. The molecule has 0 N–H and O–H groups in total. The Balaban J connectivity index is 3.02. The first-order valence-electron chi connectivity index (χ1n) is 4.21. The highest BCUT2D eigenvalue weighted by Crippen LogP contribution is 2.22. The summed E-state index contributed by atoms with van der Waals surface area (Å²) in [4.78, 5) is 11.3. The van der Waals surface area contributed by atoms with Crippen molar-refractivity contribution in [2.45, 2.75) is 6.18 Å². The predicted octanol–water partition coefficient (Wildman–Crippen LogP) is 2.08. The van der Waals surface area contributed by atoms with Crippen LogP contribution in [0.3, 0.4) is 0 Å². The highest BCUT2D eigenvalue weighted by Gasteiger charge is 2.41. The number of halogens is 3.